The van der Waals surface area contributed by atoms with Gasteiger partial charge in [-0.15, -0.1) is 0 Å². The highest BCUT2D eigenvalue weighted by Gasteiger charge is 2.16. The molecule has 2 heterocycles. The lowest BCUT2D eigenvalue weighted by Crippen LogP contribution is -2.31. The molecule has 1 aliphatic heterocycles. The van der Waals surface area contributed by atoms with Crippen LogP contribution >= 0.6 is 0 Å². The molecule has 0 atom stereocenters. The van der Waals surface area contributed by atoms with E-state index in [9.17, 15) is 4.39 Å². The molecule has 0 radical (unpaired) electrons. The van der Waals surface area contributed by atoms with Gasteiger partial charge in [0.05, 0.1) is 0 Å². The first-order chi connectivity index (χ1) is 12.2. The van der Waals surface area contributed by atoms with E-state index in [1.54, 1.807) is 6.07 Å². The molecule has 0 unspecified atom stereocenters. The van der Waals surface area contributed by atoms with Crippen LogP contribution in [0.4, 0.5) is 4.39 Å². The Morgan fingerprint density at radius 1 is 1.04 bits per heavy atom. The quantitative estimate of drug-likeness (QED) is 0.684. The number of piperidine rings is 1. The third-order valence-electron chi connectivity index (χ3n) is 5.39. The van der Waals surface area contributed by atoms with Crippen molar-refractivity contribution >= 4 is 10.9 Å². The molecule has 1 N–H and O–H groups in total. The lowest BCUT2D eigenvalue weighted by atomic mass is 10.0. The van der Waals surface area contributed by atoms with Gasteiger partial charge in [-0.2, -0.15) is 0 Å². The van der Waals surface area contributed by atoms with Crippen molar-refractivity contribution in [3.63, 3.8) is 0 Å². The van der Waals surface area contributed by atoms with Gasteiger partial charge in [-0.1, -0.05) is 24.6 Å². The van der Waals surface area contributed by atoms with Crippen molar-refractivity contribution in [1.82, 2.24) is 9.88 Å². The molecule has 3 aromatic rings. The molecular formula is C22H25FN2. The first-order valence-electron chi connectivity index (χ1n) is 9.31. The van der Waals surface area contributed by atoms with Gasteiger partial charge in [0.15, 0.2) is 0 Å². The molecule has 4 rings (SSSR count). The van der Waals surface area contributed by atoms with Gasteiger partial charge < -0.3 is 9.88 Å². The number of aromatic nitrogens is 1. The molecule has 1 saturated heterocycles. The number of fused-ring (bicyclic) bond motifs is 1. The van der Waals surface area contributed by atoms with Crippen molar-refractivity contribution in [1.29, 1.82) is 0 Å². The van der Waals surface area contributed by atoms with Crippen LogP contribution in [0.1, 0.15) is 30.4 Å². The summed E-state index contributed by atoms with van der Waals surface area (Å²) in [7, 11) is 0. The zero-order chi connectivity index (χ0) is 17.2. The Balaban J connectivity index is 1.71. The van der Waals surface area contributed by atoms with Crippen molar-refractivity contribution in [2.45, 2.75) is 32.6 Å². The largest absolute Gasteiger partial charge is 0.354 e. The third kappa shape index (κ3) is 3.34. The van der Waals surface area contributed by atoms with E-state index in [0.29, 0.717) is 5.56 Å². The van der Waals surface area contributed by atoms with Gasteiger partial charge in [0.25, 0.3) is 0 Å². The Morgan fingerprint density at radius 2 is 1.84 bits per heavy atom. The molecule has 0 amide bonds. The minimum Gasteiger partial charge on any atom is -0.354 e. The van der Waals surface area contributed by atoms with Crippen LogP contribution < -0.4 is 0 Å². The van der Waals surface area contributed by atoms with Crippen LogP contribution in [0, 0.1) is 12.7 Å². The summed E-state index contributed by atoms with van der Waals surface area (Å²) in [5, 5.41) is 1.29. The normalized spacial score (nSPS) is 15.8. The van der Waals surface area contributed by atoms with Crippen LogP contribution in [-0.4, -0.2) is 29.5 Å². The van der Waals surface area contributed by atoms with Crippen molar-refractivity contribution in [2.75, 3.05) is 19.6 Å². The summed E-state index contributed by atoms with van der Waals surface area (Å²) in [6.45, 7) is 5.35. The van der Waals surface area contributed by atoms with Gasteiger partial charge in [-0.05, 0) is 80.2 Å². The number of aryl methyl sites for hydroxylation is 1. The maximum atomic E-state index is 13.7. The molecule has 25 heavy (non-hydrogen) atoms. The molecule has 0 spiro atoms. The number of benzene rings is 2. The van der Waals surface area contributed by atoms with Gasteiger partial charge in [0.1, 0.15) is 5.82 Å². The molecule has 2 nitrogen and oxygen atoms in total. The maximum absolute atomic E-state index is 13.7. The fraction of sp³-hybridized carbons (Fsp3) is 0.364. The molecule has 1 aliphatic rings. The van der Waals surface area contributed by atoms with E-state index in [1.807, 2.05) is 19.1 Å². The topological polar surface area (TPSA) is 19.0 Å². The standard InChI is InChI=1S/C22H25FN2/c1-16-15-17(9-10-20(16)23)22-19(11-14-25-12-5-2-6-13-25)18-7-3-4-8-21(18)24-22/h3-4,7-10,15,24H,2,5-6,11-14H2,1H3. The number of H-pyrrole nitrogens is 1. The highest BCUT2D eigenvalue weighted by Crippen LogP contribution is 2.32. The number of para-hydroxylation sites is 1. The first-order valence-corrected chi connectivity index (χ1v) is 9.31. The summed E-state index contributed by atoms with van der Waals surface area (Å²) in [6.07, 6.45) is 5.02. The second-order valence-corrected chi connectivity index (χ2v) is 7.14. The van der Waals surface area contributed by atoms with E-state index >= 15 is 0 Å². The van der Waals surface area contributed by atoms with Crippen LogP contribution in [0.25, 0.3) is 22.2 Å². The SMILES string of the molecule is Cc1cc(-c2[nH]c3ccccc3c2CCN2CCCCC2)ccc1F. The van der Waals surface area contributed by atoms with Crippen molar-refractivity contribution in [3.05, 3.63) is 59.4 Å². The predicted molar refractivity (Wildman–Crippen MR) is 102 cm³/mol. The zero-order valence-corrected chi connectivity index (χ0v) is 14.8. The fourth-order valence-electron chi connectivity index (χ4n) is 3.96. The van der Waals surface area contributed by atoms with E-state index in [1.165, 1.54) is 43.3 Å². The highest BCUT2D eigenvalue weighted by molar-refractivity contribution is 5.90. The molecule has 3 heteroatoms. The average molecular weight is 336 g/mol. The minimum absolute atomic E-state index is 0.144. The molecule has 0 bridgehead atoms. The monoisotopic (exact) mass is 336 g/mol. The number of nitrogens with zero attached hydrogens (tertiary/aromatic N) is 1. The van der Waals surface area contributed by atoms with Gasteiger partial charge in [0.2, 0.25) is 0 Å². The lowest BCUT2D eigenvalue weighted by Gasteiger charge is -2.26. The van der Waals surface area contributed by atoms with Crippen molar-refractivity contribution < 1.29 is 4.39 Å². The van der Waals surface area contributed by atoms with Crippen LogP contribution in [0.15, 0.2) is 42.5 Å². The number of likely N-dealkylation sites (tertiary alicyclic amines) is 1. The number of rotatable bonds is 4. The van der Waals surface area contributed by atoms with Crippen LogP contribution in [0.5, 0.6) is 0 Å². The fourth-order valence-corrected chi connectivity index (χ4v) is 3.96. The highest BCUT2D eigenvalue weighted by atomic mass is 19.1. The summed E-state index contributed by atoms with van der Waals surface area (Å²) in [5.74, 6) is -0.144. The molecule has 0 saturated carbocycles. The first kappa shape index (κ1) is 16.3. The second-order valence-electron chi connectivity index (χ2n) is 7.14. The van der Waals surface area contributed by atoms with Crippen LogP contribution in [0.2, 0.25) is 0 Å². The summed E-state index contributed by atoms with van der Waals surface area (Å²) >= 11 is 0. The Bertz CT molecular complexity index is 875. The zero-order valence-electron chi connectivity index (χ0n) is 14.8. The number of nitrogens with one attached hydrogen (secondary N) is 1. The van der Waals surface area contributed by atoms with E-state index in [0.717, 1.165) is 29.7 Å². The Hall–Kier alpha value is -2.13. The van der Waals surface area contributed by atoms with Crippen LogP contribution in [0.3, 0.4) is 0 Å². The Kier molecular flexibility index (Phi) is 4.58. The predicted octanol–water partition coefficient (Wildman–Crippen LogP) is 5.31. The number of halogens is 1. The molecule has 1 aromatic heterocycles. The van der Waals surface area contributed by atoms with E-state index in [4.69, 9.17) is 0 Å². The summed E-state index contributed by atoms with van der Waals surface area (Å²) < 4.78 is 13.7. The summed E-state index contributed by atoms with van der Waals surface area (Å²) in [6, 6.07) is 13.9. The lowest BCUT2D eigenvalue weighted by molar-refractivity contribution is 0.232. The third-order valence-corrected chi connectivity index (χ3v) is 5.39. The van der Waals surface area contributed by atoms with Gasteiger partial charge >= 0.3 is 0 Å². The van der Waals surface area contributed by atoms with Gasteiger partial charge in [-0.25, -0.2) is 4.39 Å². The molecule has 2 aromatic carbocycles. The molecule has 1 fully saturated rings. The summed E-state index contributed by atoms with van der Waals surface area (Å²) in [4.78, 5) is 6.15. The number of aromatic amines is 1. The minimum atomic E-state index is -0.144. The molecule has 0 aliphatic carbocycles. The number of hydrogen-bond acceptors (Lipinski definition) is 1. The van der Waals surface area contributed by atoms with E-state index in [2.05, 4.69) is 34.1 Å². The summed E-state index contributed by atoms with van der Waals surface area (Å²) in [5.41, 5.74) is 5.42. The van der Waals surface area contributed by atoms with Crippen molar-refractivity contribution in [2.24, 2.45) is 0 Å². The Labute approximate surface area is 148 Å². The smallest absolute Gasteiger partial charge is 0.126 e. The molecule has 130 valence electrons. The van der Waals surface area contributed by atoms with E-state index in [-0.39, 0.29) is 5.82 Å². The van der Waals surface area contributed by atoms with Gasteiger partial charge in [0, 0.05) is 23.1 Å². The maximum Gasteiger partial charge on any atom is 0.126 e. The Morgan fingerprint density at radius 3 is 2.64 bits per heavy atom. The average Bonchev–Trinajstić information content (AvgIpc) is 3.02. The van der Waals surface area contributed by atoms with E-state index < -0.39 is 0 Å². The van der Waals surface area contributed by atoms with Crippen molar-refractivity contribution in [3.8, 4) is 11.3 Å². The second kappa shape index (κ2) is 7.01. The van der Waals surface area contributed by atoms with Gasteiger partial charge in [-0.3, -0.25) is 0 Å². The number of hydrogen-bond donors (Lipinski definition) is 1. The van der Waals surface area contributed by atoms with Crippen LogP contribution in [-0.2, 0) is 6.42 Å². The molecular weight excluding hydrogens is 311 g/mol.